The molecule has 0 radical (unpaired) electrons. The Morgan fingerprint density at radius 3 is 2.34 bits per heavy atom. The van der Waals surface area contributed by atoms with Crippen molar-refractivity contribution in [2.75, 3.05) is 7.05 Å². The first kappa shape index (κ1) is 34.6. The van der Waals surface area contributed by atoms with Gasteiger partial charge in [-0.3, -0.25) is 9.78 Å². The van der Waals surface area contributed by atoms with Crippen molar-refractivity contribution in [3.8, 4) is 0 Å². The fraction of sp³-hybridized carbons (Fsp3) is 0.690. The van der Waals surface area contributed by atoms with Crippen molar-refractivity contribution in [2.24, 2.45) is 5.92 Å². The van der Waals surface area contributed by atoms with Crippen molar-refractivity contribution in [3.05, 3.63) is 32.7 Å². The maximum atomic E-state index is 13.5. The average molecular weight is 610 g/mol. The number of amides is 3. The van der Waals surface area contributed by atoms with E-state index in [1.54, 1.807) is 30.1 Å². The van der Waals surface area contributed by atoms with Crippen LogP contribution >= 0.6 is 22.7 Å². The lowest BCUT2D eigenvalue weighted by Gasteiger charge is -2.32. The molecule has 0 bridgehead atoms. The zero-order valence-corrected chi connectivity index (χ0v) is 27.5. The highest BCUT2D eigenvalue weighted by atomic mass is 32.1. The molecule has 0 aromatic carbocycles. The molecule has 4 unspecified atom stereocenters. The second-order valence-corrected chi connectivity index (χ2v) is 13.9. The van der Waals surface area contributed by atoms with E-state index in [1.807, 2.05) is 46.9 Å². The predicted molar refractivity (Wildman–Crippen MR) is 163 cm³/mol. The number of Topliss-reactive ketones (excluding diaryl/α,β-unsaturated/α-hetero) is 1. The van der Waals surface area contributed by atoms with E-state index in [1.165, 1.54) is 16.2 Å². The number of hydrogen-bond donors (Lipinski definition) is 2. The monoisotopic (exact) mass is 609 g/mol. The van der Waals surface area contributed by atoms with E-state index in [0.29, 0.717) is 18.9 Å². The molecule has 2 rings (SSSR count). The molecule has 41 heavy (non-hydrogen) atoms. The molecule has 0 aliphatic heterocycles. The lowest BCUT2D eigenvalue weighted by atomic mass is 9.92. The van der Waals surface area contributed by atoms with Crippen LogP contribution in [0.3, 0.4) is 0 Å². The first-order valence-electron chi connectivity index (χ1n) is 14.1. The maximum absolute atomic E-state index is 13.5. The molecular weight excluding hydrogens is 562 g/mol. The minimum Gasteiger partial charge on any atom is -0.444 e. The van der Waals surface area contributed by atoms with Gasteiger partial charge in [0.15, 0.2) is 5.78 Å². The van der Waals surface area contributed by atoms with E-state index in [0.717, 1.165) is 22.0 Å². The van der Waals surface area contributed by atoms with Crippen LogP contribution in [0.15, 0.2) is 17.1 Å². The van der Waals surface area contributed by atoms with Crippen LogP contribution in [-0.2, 0) is 27.4 Å². The van der Waals surface area contributed by atoms with Gasteiger partial charge in [0.05, 0.1) is 39.3 Å². The van der Waals surface area contributed by atoms with E-state index in [-0.39, 0.29) is 36.8 Å². The summed E-state index contributed by atoms with van der Waals surface area (Å²) in [5.41, 5.74) is 2.03. The Hall–Kier alpha value is -2.57. The number of carbonyl (C=O) groups excluding carboxylic acids is 3. The summed E-state index contributed by atoms with van der Waals surface area (Å²) in [5.74, 6) is 0.286. The Bertz CT molecular complexity index is 1100. The highest BCUT2D eigenvalue weighted by molar-refractivity contribution is 7.09. The second kappa shape index (κ2) is 16.2. The zero-order valence-electron chi connectivity index (χ0n) is 25.9. The van der Waals surface area contributed by atoms with Crippen LogP contribution in [0.25, 0.3) is 0 Å². The number of hydrogen-bond acceptors (Lipinski definition) is 9. The topological polar surface area (TPSA) is 123 Å². The minimum atomic E-state index is -0.800. The highest BCUT2D eigenvalue weighted by Gasteiger charge is 2.32. The van der Waals surface area contributed by atoms with Gasteiger partial charge in [-0.05, 0) is 53.4 Å². The Balaban J connectivity index is 1.91. The normalized spacial score (nSPS) is 14.7. The number of thiazole rings is 2. The number of ether oxygens (including phenoxy) is 2. The minimum absolute atomic E-state index is 0.0448. The maximum Gasteiger partial charge on any atom is 0.407 e. The van der Waals surface area contributed by atoms with Gasteiger partial charge >= 0.3 is 12.1 Å². The lowest BCUT2D eigenvalue weighted by Crippen LogP contribution is -2.53. The predicted octanol–water partition coefficient (Wildman–Crippen LogP) is 6.13. The number of urea groups is 1. The van der Waals surface area contributed by atoms with Crippen molar-refractivity contribution < 1.29 is 23.9 Å². The smallest absolute Gasteiger partial charge is 0.407 e. The van der Waals surface area contributed by atoms with Gasteiger partial charge in [-0.1, -0.05) is 20.8 Å². The summed E-state index contributed by atoms with van der Waals surface area (Å²) in [4.78, 5) is 49.7. The molecule has 12 heteroatoms. The number of aromatic nitrogens is 2. The average Bonchev–Trinajstić information content (AvgIpc) is 3.56. The van der Waals surface area contributed by atoms with E-state index in [2.05, 4.69) is 34.4 Å². The third-order valence-electron chi connectivity index (χ3n) is 6.28. The van der Waals surface area contributed by atoms with Crippen molar-refractivity contribution in [3.63, 3.8) is 0 Å². The van der Waals surface area contributed by atoms with Crippen LogP contribution in [0.1, 0.15) is 96.1 Å². The second-order valence-electron chi connectivity index (χ2n) is 12.0. The highest BCUT2D eigenvalue weighted by Crippen LogP contribution is 2.21. The summed E-state index contributed by atoms with van der Waals surface area (Å²) < 4.78 is 11.3. The van der Waals surface area contributed by atoms with Gasteiger partial charge in [0.1, 0.15) is 12.6 Å². The molecule has 0 spiro atoms. The van der Waals surface area contributed by atoms with Crippen molar-refractivity contribution in [1.29, 1.82) is 0 Å². The molecule has 0 saturated carbocycles. The summed E-state index contributed by atoms with van der Waals surface area (Å²) in [6.07, 6.45) is 2.35. The van der Waals surface area contributed by atoms with Crippen molar-refractivity contribution in [2.45, 2.75) is 118 Å². The SMILES string of the molecule is CC(CCC(C)NC(=O)OCc1cncs1)CC(=O)C(NC(=O)N(C)Cc1csc(C(C)C)n1)C(C)OC(C)(C)C. The molecule has 2 aromatic heterocycles. The number of ketones is 1. The molecule has 3 amide bonds. The van der Waals surface area contributed by atoms with Crippen LogP contribution < -0.4 is 10.6 Å². The van der Waals surface area contributed by atoms with Crippen LogP contribution in [0.5, 0.6) is 0 Å². The summed E-state index contributed by atoms with van der Waals surface area (Å²) in [7, 11) is 1.69. The molecule has 2 N–H and O–H groups in total. The van der Waals surface area contributed by atoms with Crippen LogP contribution in [0.4, 0.5) is 9.59 Å². The zero-order chi connectivity index (χ0) is 30.7. The van der Waals surface area contributed by atoms with Crippen molar-refractivity contribution in [1.82, 2.24) is 25.5 Å². The number of nitrogens with one attached hydrogen (secondary N) is 2. The molecule has 0 aliphatic rings. The van der Waals surface area contributed by atoms with Gasteiger partial charge in [0.25, 0.3) is 0 Å². The fourth-order valence-corrected chi connectivity index (χ4v) is 5.51. The molecule has 0 saturated heterocycles. The Labute approximate surface area is 252 Å². The molecule has 230 valence electrons. The first-order valence-corrected chi connectivity index (χ1v) is 15.9. The van der Waals surface area contributed by atoms with E-state index in [4.69, 9.17) is 9.47 Å². The van der Waals surface area contributed by atoms with Gasteiger partial charge in [-0.15, -0.1) is 22.7 Å². The van der Waals surface area contributed by atoms with Gasteiger partial charge < -0.3 is 25.0 Å². The largest absolute Gasteiger partial charge is 0.444 e. The quantitative estimate of drug-likeness (QED) is 0.249. The lowest BCUT2D eigenvalue weighted by molar-refractivity contribution is -0.129. The third-order valence-corrected chi connectivity index (χ3v) is 8.23. The van der Waals surface area contributed by atoms with Gasteiger partial charge in [-0.25, -0.2) is 14.6 Å². The van der Waals surface area contributed by atoms with E-state index >= 15 is 0 Å². The number of carbonyl (C=O) groups is 3. The molecule has 2 aromatic rings. The number of alkyl carbamates (subject to hydrolysis) is 1. The first-order chi connectivity index (χ1) is 19.1. The summed E-state index contributed by atoms with van der Waals surface area (Å²) in [6.45, 7) is 16.2. The molecule has 0 fully saturated rings. The number of nitrogens with zero attached hydrogens (tertiary/aromatic N) is 3. The summed E-state index contributed by atoms with van der Waals surface area (Å²) >= 11 is 3.01. The van der Waals surface area contributed by atoms with Gasteiger partial charge in [0.2, 0.25) is 0 Å². The van der Waals surface area contributed by atoms with Gasteiger partial charge in [0, 0.05) is 37.0 Å². The van der Waals surface area contributed by atoms with E-state index in [9.17, 15) is 14.4 Å². The fourth-order valence-electron chi connectivity index (χ4n) is 4.18. The van der Waals surface area contributed by atoms with Crippen LogP contribution in [-0.4, -0.2) is 63.6 Å². The molecule has 10 nitrogen and oxygen atoms in total. The molecular formula is C29H47N5O5S2. The summed E-state index contributed by atoms with van der Waals surface area (Å²) in [5, 5.41) is 8.75. The molecule has 2 heterocycles. The van der Waals surface area contributed by atoms with Crippen molar-refractivity contribution >= 4 is 40.6 Å². The standard InChI is InChI=1S/C29H47N5O5S2/c1-18(2)26-32-22(16-40-26)14-34(9)27(36)33-25(21(5)39-29(6,7)8)24(35)12-19(3)10-11-20(4)31-28(37)38-15-23-13-30-17-41-23/h13,16-21,25H,10-12,14-15H2,1-9H3,(H,31,37)(H,33,36). The summed E-state index contributed by atoms with van der Waals surface area (Å²) in [6, 6.07) is -1.27. The Morgan fingerprint density at radius 2 is 1.76 bits per heavy atom. The van der Waals surface area contributed by atoms with Crippen LogP contribution in [0, 0.1) is 5.92 Å². The van der Waals surface area contributed by atoms with Gasteiger partial charge in [-0.2, -0.15) is 0 Å². The van der Waals surface area contributed by atoms with Crippen LogP contribution in [0.2, 0.25) is 0 Å². The Morgan fingerprint density at radius 1 is 1.05 bits per heavy atom. The molecule has 0 aliphatic carbocycles. The Kier molecular flexibility index (Phi) is 13.7. The van der Waals surface area contributed by atoms with E-state index < -0.39 is 23.8 Å². The third kappa shape index (κ3) is 12.9. The number of rotatable bonds is 15. The molecule has 4 atom stereocenters.